The molecule has 0 spiro atoms. The van der Waals surface area contributed by atoms with E-state index in [1.54, 1.807) is 30.3 Å². The highest BCUT2D eigenvalue weighted by Crippen LogP contribution is 2.28. The first-order valence-corrected chi connectivity index (χ1v) is 7.11. The van der Waals surface area contributed by atoms with Crippen LogP contribution in [-0.2, 0) is 0 Å². The highest BCUT2D eigenvalue weighted by atomic mass is 79.9. The van der Waals surface area contributed by atoms with E-state index < -0.39 is 0 Å². The van der Waals surface area contributed by atoms with Crippen LogP contribution in [-0.4, -0.2) is 5.78 Å². The van der Waals surface area contributed by atoms with Crippen LogP contribution in [0.2, 0.25) is 5.02 Å². The summed E-state index contributed by atoms with van der Waals surface area (Å²) >= 11 is 10.6. The number of furan rings is 1. The maximum atomic E-state index is 12.2. The van der Waals surface area contributed by atoms with Gasteiger partial charge in [-0.15, -0.1) is 11.3 Å². The van der Waals surface area contributed by atoms with Crippen LogP contribution in [0.25, 0.3) is 11.0 Å². The molecule has 0 bridgehead atoms. The van der Waals surface area contributed by atoms with Crippen molar-refractivity contribution < 1.29 is 9.21 Å². The van der Waals surface area contributed by atoms with Gasteiger partial charge in [-0.1, -0.05) is 11.6 Å². The van der Waals surface area contributed by atoms with Crippen molar-refractivity contribution in [3.05, 3.63) is 55.8 Å². The fourth-order valence-electron chi connectivity index (χ4n) is 1.68. The monoisotopic (exact) mass is 340 g/mol. The number of hydrogen-bond acceptors (Lipinski definition) is 3. The molecule has 0 fully saturated rings. The molecule has 90 valence electrons. The highest BCUT2D eigenvalue weighted by molar-refractivity contribution is 9.11. The first kappa shape index (κ1) is 12.0. The molecular formula is C13H6BrClO2S. The molecule has 0 saturated carbocycles. The summed E-state index contributed by atoms with van der Waals surface area (Å²) in [6.45, 7) is 0. The van der Waals surface area contributed by atoms with E-state index in [1.807, 2.05) is 6.07 Å². The van der Waals surface area contributed by atoms with Crippen molar-refractivity contribution in [3.63, 3.8) is 0 Å². The van der Waals surface area contributed by atoms with Crippen molar-refractivity contribution in [1.29, 1.82) is 0 Å². The van der Waals surface area contributed by atoms with Gasteiger partial charge in [0, 0.05) is 10.4 Å². The van der Waals surface area contributed by atoms with E-state index in [2.05, 4.69) is 15.9 Å². The lowest BCUT2D eigenvalue weighted by molar-refractivity contribution is 0.101. The van der Waals surface area contributed by atoms with E-state index in [-0.39, 0.29) is 5.78 Å². The summed E-state index contributed by atoms with van der Waals surface area (Å²) in [4.78, 5) is 12.8. The maximum absolute atomic E-state index is 12.2. The van der Waals surface area contributed by atoms with E-state index in [4.69, 9.17) is 16.0 Å². The lowest BCUT2D eigenvalue weighted by Crippen LogP contribution is -1.95. The molecule has 0 unspecified atom stereocenters. The van der Waals surface area contributed by atoms with Gasteiger partial charge in [0.05, 0.1) is 8.66 Å². The molecule has 0 aliphatic rings. The number of ketones is 1. The highest BCUT2D eigenvalue weighted by Gasteiger charge is 2.16. The van der Waals surface area contributed by atoms with Gasteiger partial charge in [0.2, 0.25) is 5.78 Å². The Balaban J connectivity index is 2.06. The molecule has 5 heteroatoms. The summed E-state index contributed by atoms with van der Waals surface area (Å²) in [5.74, 6) is 0.222. The smallest absolute Gasteiger partial charge is 0.238 e. The summed E-state index contributed by atoms with van der Waals surface area (Å²) in [5.41, 5.74) is 0.665. The number of hydrogen-bond donors (Lipinski definition) is 0. The van der Waals surface area contributed by atoms with Crippen LogP contribution in [0.1, 0.15) is 15.4 Å². The normalized spacial score (nSPS) is 11.0. The largest absolute Gasteiger partial charge is 0.453 e. The molecule has 0 N–H and O–H groups in total. The third kappa shape index (κ3) is 2.11. The maximum Gasteiger partial charge on any atom is 0.238 e. The molecule has 0 atom stereocenters. The number of halogens is 2. The second-order valence-electron chi connectivity index (χ2n) is 3.73. The Hall–Kier alpha value is -1.10. The van der Waals surface area contributed by atoms with Crippen molar-refractivity contribution in [1.82, 2.24) is 0 Å². The van der Waals surface area contributed by atoms with Crippen LogP contribution in [0.15, 0.2) is 44.6 Å². The van der Waals surface area contributed by atoms with Crippen molar-refractivity contribution >= 4 is 55.6 Å². The minimum Gasteiger partial charge on any atom is -0.453 e. The molecule has 2 heterocycles. The predicted molar refractivity (Wildman–Crippen MR) is 76.7 cm³/mol. The van der Waals surface area contributed by atoms with Crippen molar-refractivity contribution in [2.45, 2.75) is 0 Å². The molecule has 0 aliphatic carbocycles. The molecule has 2 nitrogen and oxygen atoms in total. The van der Waals surface area contributed by atoms with Gasteiger partial charge in [-0.2, -0.15) is 0 Å². The number of benzene rings is 1. The fraction of sp³-hybridized carbons (Fsp3) is 0. The third-order valence-electron chi connectivity index (χ3n) is 2.50. The van der Waals surface area contributed by atoms with Crippen LogP contribution in [0.3, 0.4) is 0 Å². The molecule has 18 heavy (non-hydrogen) atoms. The van der Waals surface area contributed by atoms with Gasteiger partial charge in [-0.05, 0) is 52.3 Å². The average molecular weight is 342 g/mol. The molecule has 0 aliphatic heterocycles. The first-order chi connectivity index (χ1) is 8.63. The van der Waals surface area contributed by atoms with Crippen LogP contribution < -0.4 is 0 Å². The lowest BCUT2D eigenvalue weighted by Gasteiger charge is -1.90. The van der Waals surface area contributed by atoms with Gasteiger partial charge in [-0.3, -0.25) is 4.79 Å². The van der Waals surface area contributed by atoms with Crippen molar-refractivity contribution in [3.8, 4) is 0 Å². The van der Waals surface area contributed by atoms with E-state index in [0.717, 1.165) is 9.17 Å². The van der Waals surface area contributed by atoms with E-state index >= 15 is 0 Å². The zero-order valence-electron chi connectivity index (χ0n) is 8.94. The Labute approximate surface area is 120 Å². The summed E-state index contributed by atoms with van der Waals surface area (Å²) < 4.78 is 6.45. The summed E-state index contributed by atoms with van der Waals surface area (Å²) in [5, 5.41) is 1.46. The topological polar surface area (TPSA) is 30.2 Å². The van der Waals surface area contributed by atoms with Gasteiger partial charge in [0.25, 0.3) is 0 Å². The SMILES string of the molecule is O=C(c1cc2cc(Cl)ccc2o1)c1ccc(Br)s1. The van der Waals surface area contributed by atoms with Crippen molar-refractivity contribution in [2.75, 3.05) is 0 Å². The van der Waals surface area contributed by atoms with Gasteiger partial charge < -0.3 is 4.42 Å². The van der Waals surface area contributed by atoms with Crippen molar-refractivity contribution in [2.24, 2.45) is 0 Å². The van der Waals surface area contributed by atoms with Crippen LogP contribution in [0, 0.1) is 0 Å². The Morgan fingerprint density at radius 3 is 2.78 bits per heavy atom. The molecule has 3 aromatic rings. The predicted octanol–water partition coefficient (Wildman–Crippen LogP) is 5.14. The van der Waals surface area contributed by atoms with Crippen LogP contribution in [0.5, 0.6) is 0 Å². The average Bonchev–Trinajstić information content (AvgIpc) is 2.93. The summed E-state index contributed by atoms with van der Waals surface area (Å²) in [6, 6.07) is 10.6. The number of carbonyl (C=O) groups excluding carboxylic acids is 1. The third-order valence-corrected chi connectivity index (χ3v) is 4.36. The van der Waals surface area contributed by atoms with Crippen LogP contribution in [0.4, 0.5) is 0 Å². The standard InChI is InChI=1S/C13H6BrClO2S/c14-12-4-3-11(18-12)13(16)10-6-7-5-8(15)1-2-9(7)17-10/h1-6H. The minimum absolute atomic E-state index is 0.113. The lowest BCUT2D eigenvalue weighted by atomic mass is 10.2. The first-order valence-electron chi connectivity index (χ1n) is 5.12. The number of rotatable bonds is 2. The molecule has 0 radical (unpaired) electrons. The molecular weight excluding hydrogens is 336 g/mol. The zero-order chi connectivity index (χ0) is 12.7. The molecule has 0 amide bonds. The molecule has 0 saturated heterocycles. The van der Waals surface area contributed by atoms with E-state index in [0.29, 0.717) is 21.2 Å². The Kier molecular flexibility index (Phi) is 3.01. The second kappa shape index (κ2) is 4.53. The Morgan fingerprint density at radius 1 is 1.22 bits per heavy atom. The second-order valence-corrected chi connectivity index (χ2v) is 6.63. The Morgan fingerprint density at radius 2 is 2.06 bits per heavy atom. The summed E-state index contributed by atoms with van der Waals surface area (Å²) in [6.07, 6.45) is 0. The van der Waals surface area contributed by atoms with Gasteiger partial charge >= 0.3 is 0 Å². The number of carbonyl (C=O) groups is 1. The minimum atomic E-state index is -0.113. The number of thiophene rings is 1. The van der Waals surface area contributed by atoms with Gasteiger partial charge in [0.1, 0.15) is 5.58 Å². The fourth-order valence-corrected chi connectivity index (χ4v) is 3.20. The quantitative estimate of drug-likeness (QED) is 0.604. The zero-order valence-corrected chi connectivity index (χ0v) is 12.1. The van der Waals surface area contributed by atoms with E-state index in [1.165, 1.54) is 11.3 Å². The summed E-state index contributed by atoms with van der Waals surface area (Å²) in [7, 11) is 0. The molecule has 1 aromatic carbocycles. The molecule has 3 rings (SSSR count). The van der Waals surface area contributed by atoms with Crippen LogP contribution >= 0.6 is 38.9 Å². The molecule has 2 aromatic heterocycles. The van der Waals surface area contributed by atoms with Gasteiger partial charge in [-0.25, -0.2) is 0 Å². The van der Waals surface area contributed by atoms with E-state index in [9.17, 15) is 4.79 Å². The van der Waals surface area contributed by atoms with Gasteiger partial charge in [0.15, 0.2) is 5.76 Å². The Bertz CT molecular complexity index is 744. The number of fused-ring (bicyclic) bond motifs is 1.